The van der Waals surface area contributed by atoms with Crippen LogP contribution in [-0.2, 0) is 10.2 Å². The molecule has 3 amide bonds. The molecule has 0 spiro atoms. The molecule has 0 radical (unpaired) electrons. The molecule has 1 fully saturated rings. The smallest absolute Gasteiger partial charge is 0.319 e. The van der Waals surface area contributed by atoms with Gasteiger partial charge in [-0.3, -0.25) is 4.79 Å². The molecule has 176 valence electrons. The van der Waals surface area contributed by atoms with Crippen LogP contribution < -0.4 is 16.4 Å². The van der Waals surface area contributed by atoms with Gasteiger partial charge in [0.2, 0.25) is 5.91 Å². The minimum absolute atomic E-state index is 0.0537. The number of carbonyl (C=O) groups excluding carboxylic acids is 2. The summed E-state index contributed by atoms with van der Waals surface area (Å²) in [7, 11) is 2.19. The summed E-state index contributed by atoms with van der Waals surface area (Å²) < 4.78 is 0.769. The van der Waals surface area contributed by atoms with Crippen molar-refractivity contribution in [1.29, 1.82) is 0 Å². The standard InChI is InChI=1S/C28H32N4O2/c1-32(20-18-30-27(34)31-25-15-9-4-10-16-25)19-17-24(21-32)28(26(29)33,22-11-5-2-6-12-22)23-13-7-3-8-14-23/h2-16,24H,17-21H2,1H3,(H3-,29,30,31,33,34)/p+1. The van der Waals surface area contributed by atoms with Gasteiger partial charge in [-0.05, 0) is 23.3 Å². The van der Waals surface area contributed by atoms with E-state index in [0.717, 1.165) is 47.4 Å². The van der Waals surface area contributed by atoms with Crippen LogP contribution >= 0.6 is 0 Å². The number of nitrogens with two attached hydrogens (primary N) is 1. The van der Waals surface area contributed by atoms with E-state index in [1.165, 1.54) is 0 Å². The predicted molar refractivity (Wildman–Crippen MR) is 135 cm³/mol. The second-order valence-electron chi connectivity index (χ2n) is 9.39. The summed E-state index contributed by atoms with van der Waals surface area (Å²) in [5.41, 5.74) is 7.95. The molecule has 0 aliphatic carbocycles. The van der Waals surface area contributed by atoms with Crippen molar-refractivity contribution in [1.82, 2.24) is 5.32 Å². The Morgan fingerprint density at radius 1 is 0.912 bits per heavy atom. The minimum Gasteiger partial charge on any atom is -0.369 e. The van der Waals surface area contributed by atoms with Crippen molar-refractivity contribution in [3.05, 3.63) is 102 Å². The molecular formula is C28H33N4O2+. The Morgan fingerprint density at radius 2 is 1.44 bits per heavy atom. The first-order chi connectivity index (χ1) is 16.4. The molecule has 0 aromatic heterocycles. The van der Waals surface area contributed by atoms with Crippen LogP contribution in [0.4, 0.5) is 10.5 Å². The Balaban J connectivity index is 1.49. The van der Waals surface area contributed by atoms with Gasteiger partial charge in [-0.15, -0.1) is 0 Å². The average Bonchev–Trinajstić information content (AvgIpc) is 3.23. The largest absolute Gasteiger partial charge is 0.369 e. The summed E-state index contributed by atoms with van der Waals surface area (Å²) in [6.07, 6.45) is 0.874. The maximum atomic E-state index is 13.2. The second-order valence-corrected chi connectivity index (χ2v) is 9.39. The van der Waals surface area contributed by atoms with E-state index in [0.29, 0.717) is 6.54 Å². The molecule has 2 atom stereocenters. The van der Waals surface area contributed by atoms with Gasteiger partial charge >= 0.3 is 6.03 Å². The molecule has 4 N–H and O–H groups in total. The summed E-state index contributed by atoms with van der Waals surface area (Å²) in [5.74, 6) is -0.262. The zero-order valence-electron chi connectivity index (χ0n) is 19.6. The topological polar surface area (TPSA) is 84.2 Å². The van der Waals surface area contributed by atoms with Crippen LogP contribution in [0.2, 0.25) is 0 Å². The molecule has 34 heavy (non-hydrogen) atoms. The van der Waals surface area contributed by atoms with E-state index in [4.69, 9.17) is 5.73 Å². The zero-order chi connectivity index (χ0) is 24.0. The number of likely N-dealkylation sites (tertiary alicyclic amines) is 1. The Morgan fingerprint density at radius 3 is 1.97 bits per heavy atom. The first kappa shape index (κ1) is 23.5. The Hall–Kier alpha value is -3.64. The second kappa shape index (κ2) is 10.1. The monoisotopic (exact) mass is 457 g/mol. The lowest BCUT2D eigenvalue weighted by atomic mass is 9.64. The van der Waals surface area contributed by atoms with Gasteiger partial charge in [-0.25, -0.2) is 4.79 Å². The van der Waals surface area contributed by atoms with Crippen LogP contribution in [0, 0.1) is 5.92 Å². The van der Waals surface area contributed by atoms with E-state index in [1.807, 2.05) is 91.0 Å². The highest BCUT2D eigenvalue weighted by Crippen LogP contribution is 2.44. The fourth-order valence-electron chi connectivity index (χ4n) is 5.40. The van der Waals surface area contributed by atoms with Crippen LogP contribution in [0.25, 0.3) is 0 Å². The third-order valence-electron chi connectivity index (χ3n) is 7.11. The molecule has 1 saturated heterocycles. The van der Waals surface area contributed by atoms with E-state index >= 15 is 0 Å². The third-order valence-corrected chi connectivity index (χ3v) is 7.11. The SMILES string of the molecule is C[N+]1(CCNC(=O)Nc2ccccc2)CCC(C(C(N)=O)(c2ccccc2)c2ccccc2)C1. The number of urea groups is 1. The van der Waals surface area contributed by atoms with Crippen LogP contribution in [-0.4, -0.2) is 49.6 Å². The van der Waals surface area contributed by atoms with Crippen molar-refractivity contribution in [3.8, 4) is 0 Å². The van der Waals surface area contributed by atoms with Gasteiger partial charge in [-0.2, -0.15) is 0 Å². The number of benzene rings is 3. The van der Waals surface area contributed by atoms with Gasteiger partial charge in [0.25, 0.3) is 0 Å². The molecule has 4 rings (SSSR count). The fourth-order valence-corrected chi connectivity index (χ4v) is 5.40. The molecule has 1 aliphatic rings. The zero-order valence-corrected chi connectivity index (χ0v) is 19.6. The third kappa shape index (κ3) is 4.82. The van der Waals surface area contributed by atoms with Gasteiger partial charge in [0.15, 0.2) is 0 Å². The molecule has 3 aromatic rings. The lowest BCUT2D eigenvalue weighted by Crippen LogP contribution is -2.52. The summed E-state index contributed by atoms with van der Waals surface area (Å²) in [6.45, 7) is 3.04. The lowest BCUT2D eigenvalue weighted by molar-refractivity contribution is -0.898. The Bertz CT molecular complexity index is 1070. The maximum Gasteiger partial charge on any atom is 0.319 e. The van der Waals surface area contributed by atoms with E-state index in [9.17, 15) is 9.59 Å². The number of nitrogens with one attached hydrogen (secondary N) is 2. The van der Waals surface area contributed by atoms with Crippen molar-refractivity contribution < 1.29 is 14.1 Å². The van der Waals surface area contributed by atoms with Crippen LogP contribution in [0.3, 0.4) is 0 Å². The fraction of sp³-hybridized carbons (Fsp3) is 0.286. The summed E-state index contributed by atoms with van der Waals surface area (Å²) in [4.78, 5) is 25.5. The van der Waals surface area contributed by atoms with Crippen molar-refractivity contribution >= 4 is 17.6 Å². The molecule has 1 heterocycles. The average molecular weight is 458 g/mol. The molecule has 2 unspecified atom stereocenters. The maximum absolute atomic E-state index is 13.2. The van der Waals surface area contributed by atoms with Crippen LogP contribution in [0.15, 0.2) is 91.0 Å². The molecule has 1 aliphatic heterocycles. The number of hydrogen-bond donors (Lipinski definition) is 3. The number of quaternary nitrogens is 1. The Labute approximate surface area is 201 Å². The summed E-state index contributed by atoms with van der Waals surface area (Å²) in [5, 5.41) is 5.82. The van der Waals surface area contributed by atoms with Crippen molar-refractivity contribution in [2.24, 2.45) is 11.7 Å². The molecule has 6 heteroatoms. The molecule has 6 nitrogen and oxygen atoms in total. The van der Waals surface area contributed by atoms with Crippen LogP contribution in [0.5, 0.6) is 0 Å². The van der Waals surface area contributed by atoms with Gasteiger partial charge in [-0.1, -0.05) is 78.9 Å². The normalized spacial score (nSPS) is 20.0. The van der Waals surface area contributed by atoms with Crippen molar-refractivity contribution in [3.63, 3.8) is 0 Å². The lowest BCUT2D eigenvalue weighted by Gasteiger charge is -2.38. The van der Waals surface area contributed by atoms with Crippen molar-refractivity contribution in [2.45, 2.75) is 11.8 Å². The molecule has 0 bridgehead atoms. The van der Waals surface area contributed by atoms with Crippen LogP contribution in [0.1, 0.15) is 17.5 Å². The predicted octanol–water partition coefficient (Wildman–Crippen LogP) is 3.75. The van der Waals surface area contributed by atoms with E-state index < -0.39 is 5.41 Å². The minimum atomic E-state index is -0.892. The van der Waals surface area contributed by atoms with E-state index in [1.54, 1.807) is 0 Å². The van der Waals surface area contributed by atoms with Crippen molar-refractivity contribution in [2.75, 3.05) is 38.5 Å². The number of hydrogen-bond acceptors (Lipinski definition) is 2. The Kier molecular flexibility index (Phi) is 6.98. The number of likely N-dealkylation sites (N-methyl/N-ethyl adjacent to an activating group) is 1. The highest BCUT2D eigenvalue weighted by atomic mass is 16.2. The summed E-state index contributed by atoms with van der Waals surface area (Å²) >= 11 is 0. The van der Waals surface area contributed by atoms with Gasteiger partial charge in [0, 0.05) is 18.0 Å². The first-order valence-electron chi connectivity index (χ1n) is 11.8. The highest BCUT2D eigenvalue weighted by Gasteiger charge is 2.53. The molecule has 3 aromatic carbocycles. The number of anilines is 1. The number of nitrogens with zero attached hydrogens (tertiary/aromatic N) is 1. The number of rotatable bonds is 8. The van der Waals surface area contributed by atoms with Gasteiger partial charge < -0.3 is 20.9 Å². The number of carbonyl (C=O) groups is 2. The molecule has 0 saturated carbocycles. The van der Waals surface area contributed by atoms with E-state index in [2.05, 4.69) is 17.7 Å². The van der Waals surface area contributed by atoms with E-state index in [-0.39, 0.29) is 17.9 Å². The number of amides is 3. The molecular weight excluding hydrogens is 424 g/mol. The quantitative estimate of drug-likeness (QED) is 0.450. The highest BCUT2D eigenvalue weighted by molar-refractivity contribution is 5.91. The number of primary amides is 1. The van der Waals surface area contributed by atoms with Gasteiger partial charge in [0.1, 0.15) is 5.41 Å². The summed E-state index contributed by atoms with van der Waals surface area (Å²) in [6, 6.07) is 29.0. The number of para-hydroxylation sites is 1. The first-order valence-corrected chi connectivity index (χ1v) is 11.8. The van der Waals surface area contributed by atoms with Gasteiger partial charge in [0.05, 0.1) is 33.2 Å².